The van der Waals surface area contributed by atoms with Gasteiger partial charge in [-0.05, 0) is 18.8 Å². The molecule has 14 heteroatoms. The van der Waals surface area contributed by atoms with Gasteiger partial charge in [-0.1, -0.05) is 13.8 Å². The SMILES string of the molecule is CC(C)C(NC(=O)C(N)CO)C(=O)NC(CCC(=O)O)C(=O)NC(CCC(=O)O)C(=O)O. The Kier molecular flexibility index (Phi) is 12.5. The fraction of sp³-hybridized carbons (Fsp3) is 0.667. The summed E-state index contributed by atoms with van der Waals surface area (Å²) in [5.74, 6) is -7.27. The first kappa shape index (κ1) is 28.7. The maximum absolute atomic E-state index is 12.7. The zero-order chi connectivity index (χ0) is 25.0. The van der Waals surface area contributed by atoms with Crippen LogP contribution in [-0.4, -0.2) is 86.8 Å². The summed E-state index contributed by atoms with van der Waals surface area (Å²) in [6, 6.07) is -5.54. The van der Waals surface area contributed by atoms with Gasteiger partial charge in [-0.3, -0.25) is 24.0 Å². The van der Waals surface area contributed by atoms with Crippen molar-refractivity contribution in [2.75, 3.05) is 6.61 Å². The molecule has 4 unspecified atom stereocenters. The van der Waals surface area contributed by atoms with Crippen molar-refractivity contribution in [2.24, 2.45) is 11.7 Å². The van der Waals surface area contributed by atoms with E-state index < -0.39 is 98.0 Å². The molecule has 0 bridgehead atoms. The van der Waals surface area contributed by atoms with E-state index in [9.17, 15) is 33.9 Å². The molecular weight excluding hydrogens is 432 g/mol. The molecule has 0 saturated heterocycles. The number of hydrogen-bond acceptors (Lipinski definition) is 8. The Labute approximate surface area is 183 Å². The smallest absolute Gasteiger partial charge is 0.326 e. The van der Waals surface area contributed by atoms with Crippen LogP contribution in [0.1, 0.15) is 39.5 Å². The molecule has 0 saturated carbocycles. The molecule has 0 fully saturated rings. The first-order chi connectivity index (χ1) is 14.8. The maximum Gasteiger partial charge on any atom is 0.326 e. The normalized spacial score (nSPS) is 14.5. The van der Waals surface area contributed by atoms with Crippen molar-refractivity contribution in [1.82, 2.24) is 16.0 Å². The molecule has 0 aliphatic heterocycles. The summed E-state index contributed by atoms with van der Waals surface area (Å²) in [6.07, 6.45) is -1.91. The molecule has 0 spiro atoms. The second kappa shape index (κ2) is 13.9. The summed E-state index contributed by atoms with van der Waals surface area (Å²) < 4.78 is 0. The fourth-order valence-corrected chi connectivity index (χ4v) is 2.47. The minimum absolute atomic E-state index is 0.396. The Balaban J connectivity index is 5.48. The van der Waals surface area contributed by atoms with E-state index in [-0.39, 0.29) is 0 Å². The molecule has 0 aromatic rings. The third-order valence-electron chi connectivity index (χ3n) is 4.32. The number of carboxylic acid groups (broad SMARTS) is 3. The number of aliphatic carboxylic acids is 3. The van der Waals surface area contributed by atoms with Crippen molar-refractivity contribution >= 4 is 35.6 Å². The Morgan fingerprint density at radius 2 is 1.22 bits per heavy atom. The first-order valence-electron chi connectivity index (χ1n) is 9.74. The highest BCUT2D eigenvalue weighted by atomic mass is 16.4. The Hall–Kier alpha value is -3.26. The van der Waals surface area contributed by atoms with Crippen LogP contribution in [0.4, 0.5) is 0 Å². The monoisotopic (exact) mass is 462 g/mol. The molecule has 0 aliphatic rings. The van der Waals surface area contributed by atoms with Crippen molar-refractivity contribution in [2.45, 2.75) is 63.7 Å². The van der Waals surface area contributed by atoms with Gasteiger partial charge in [-0.2, -0.15) is 0 Å². The van der Waals surface area contributed by atoms with Gasteiger partial charge in [-0.15, -0.1) is 0 Å². The standard InChI is InChI=1S/C18H30N4O10/c1-8(2)14(22-15(28)9(19)7-23)17(30)20-10(3-5-12(24)25)16(29)21-11(18(31)32)4-6-13(26)27/h8-11,14,23H,3-7,19H2,1-2H3,(H,20,30)(H,21,29)(H,22,28)(H,24,25)(H,26,27)(H,31,32). The van der Waals surface area contributed by atoms with Gasteiger partial charge in [0.25, 0.3) is 0 Å². The number of carboxylic acids is 3. The lowest BCUT2D eigenvalue weighted by Crippen LogP contribution is -2.58. The Morgan fingerprint density at radius 3 is 1.62 bits per heavy atom. The van der Waals surface area contributed by atoms with E-state index in [0.29, 0.717) is 0 Å². The number of carbonyl (C=O) groups excluding carboxylic acids is 3. The zero-order valence-electron chi connectivity index (χ0n) is 17.7. The number of nitrogens with two attached hydrogens (primary N) is 1. The van der Waals surface area contributed by atoms with Gasteiger partial charge in [0.15, 0.2) is 0 Å². The van der Waals surface area contributed by atoms with E-state index in [1.54, 1.807) is 13.8 Å². The summed E-state index contributed by atoms with van der Waals surface area (Å²) >= 11 is 0. The number of carbonyl (C=O) groups is 6. The molecule has 0 aliphatic carbocycles. The molecule has 0 radical (unpaired) electrons. The van der Waals surface area contributed by atoms with Gasteiger partial charge in [0, 0.05) is 12.8 Å². The minimum atomic E-state index is -1.58. The summed E-state index contributed by atoms with van der Waals surface area (Å²) in [5, 5.41) is 42.4. The third-order valence-corrected chi connectivity index (χ3v) is 4.32. The van der Waals surface area contributed by atoms with Crippen LogP contribution in [0.15, 0.2) is 0 Å². The average molecular weight is 462 g/mol. The fourth-order valence-electron chi connectivity index (χ4n) is 2.47. The summed E-state index contributed by atoms with van der Waals surface area (Å²) in [7, 11) is 0. The van der Waals surface area contributed by atoms with Crippen LogP contribution in [0.3, 0.4) is 0 Å². The van der Waals surface area contributed by atoms with Crippen LogP contribution in [0.5, 0.6) is 0 Å². The lowest BCUT2D eigenvalue weighted by molar-refractivity contribution is -0.144. The third kappa shape index (κ3) is 10.7. The zero-order valence-corrected chi connectivity index (χ0v) is 17.7. The van der Waals surface area contributed by atoms with E-state index in [1.807, 2.05) is 0 Å². The van der Waals surface area contributed by atoms with E-state index in [2.05, 4.69) is 16.0 Å². The Morgan fingerprint density at radius 1 is 0.750 bits per heavy atom. The van der Waals surface area contributed by atoms with Crippen LogP contribution < -0.4 is 21.7 Å². The predicted molar refractivity (Wildman–Crippen MR) is 107 cm³/mol. The van der Waals surface area contributed by atoms with Gasteiger partial charge in [0.1, 0.15) is 24.2 Å². The van der Waals surface area contributed by atoms with E-state index >= 15 is 0 Å². The van der Waals surface area contributed by atoms with E-state index in [0.717, 1.165) is 0 Å². The van der Waals surface area contributed by atoms with Gasteiger partial charge in [-0.25, -0.2) is 4.79 Å². The first-order valence-corrected chi connectivity index (χ1v) is 9.74. The van der Waals surface area contributed by atoms with Crippen LogP contribution in [0, 0.1) is 5.92 Å². The van der Waals surface area contributed by atoms with Crippen molar-refractivity contribution in [1.29, 1.82) is 0 Å². The average Bonchev–Trinajstić information content (AvgIpc) is 2.70. The second-order valence-electron chi connectivity index (χ2n) is 7.34. The molecule has 14 nitrogen and oxygen atoms in total. The van der Waals surface area contributed by atoms with Crippen LogP contribution >= 0.6 is 0 Å². The summed E-state index contributed by atoms with van der Waals surface area (Å²) in [5.41, 5.74) is 5.41. The molecule has 4 atom stereocenters. The van der Waals surface area contributed by atoms with Gasteiger partial charge < -0.3 is 42.1 Å². The Bertz CT molecular complexity index is 712. The lowest BCUT2D eigenvalue weighted by Gasteiger charge is -2.26. The quantitative estimate of drug-likeness (QED) is 0.124. The molecular formula is C18H30N4O10. The number of hydrogen-bond donors (Lipinski definition) is 8. The molecule has 9 N–H and O–H groups in total. The van der Waals surface area contributed by atoms with E-state index in [1.165, 1.54) is 0 Å². The summed E-state index contributed by atoms with van der Waals surface area (Å²) in [6.45, 7) is 2.48. The molecule has 182 valence electrons. The molecule has 0 heterocycles. The van der Waals surface area contributed by atoms with Crippen molar-refractivity contribution in [3.63, 3.8) is 0 Å². The maximum atomic E-state index is 12.7. The number of amides is 3. The number of rotatable bonds is 15. The number of aliphatic hydroxyl groups is 1. The predicted octanol–water partition coefficient (Wildman–Crippen LogP) is -2.77. The largest absolute Gasteiger partial charge is 0.481 e. The highest BCUT2D eigenvalue weighted by Gasteiger charge is 2.32. The molecule has 0 aromatic carbocycles. The van der Waals surface area contributed by atoms with Crippen LogP contribution in [0.25, 0.3) is 0 Å². The highest BCUT2D eigenvalue weighted by Crippen LogP contribution is 2.07. The van der Waals surface area contributed by atoms with Crippen molar-refractivity contribution < 1.29 is 49.2 Å². The van der Waals surface area contributed by atoms with Gasteiger partial charge in [0.2, 0.25) is 17.7 Å². The minimum Gasteiger partial charge on any atom is -0.481 e. The lowest BCUT2D eigenvalue weighted by atomic mass is 10.0. The summed E-state index contributed by atoms with van der Waals surface area (Å²) in [4.78, 5) is 70.1. The van der Waals surface area contributed by atoms with Gasteiger partial charge >= 0.3 is 17.9 Å². The second-order valence-corrected chi connectivity index (χ2v) is 7.34. The van der Waals surface area contributed by atoms with Crippen molar-refractivity contribution in [3.8, 4) is 0 Å². The molecule has 0 aromatic heterocycles. The van der Waals surface area contributed by atoms with E-state index in [4.69, 9.17) is 21.1 Å². The van der Waals surface area contributed by atoms with Crippen LogP contribution in [0.2, 0.25) is 0 Å². The topological polar surface area (TPSA) is 245 Å². The molecule has 3 amide bonds. The number of nitrogens with one attached hydrogen (secondary N) is 3. The van der Waals surface area contributed by atoms with Crippen LogP contribution in [-0.2, 0) is 28.8 Å². The highest BCUT2D eigenvalue weighted by molar-refractivity contribution is 5.94. The van der Waals surface area contributed by atoms with Crippen molar-refractivity contribution in [3.05, 3.63) is 0 Å². The number of aliphatic hydroxyl groups excluding tert-OH is 1. The van der Waals surface area contributed by atoms with Gasteiger partial charge in [0.05, 0.1) is 6.61 Å². The molecule has 0 rings (SSSR count). The molecule has 32 heavy (non-hydrogen) atoms.